The molecule has 0 bridgehead atoms. The third kappa shape index (κ3) is 3.69. The number of amides is 1. The van der Waals surface area contributed by atoms with Crippen LogP contribution in [0.5, 0.6) is 0 Å². The SMILES string of the molecule is CCc1ccc([C@H](NC(=O)c2ccc3c(=O)n4c(nc3c2)CCC4)C(C)C)cc1. The third-order valence-corrected chi connectivity index (χ3v) is 5.78. The van der Waals surface area contributed by atoms with Crippen molar-refractivity contribution in [2.45, 2.75) is 52.6 Å². The van der Waals surface area contributed by atoms with Gasteiger partial charge in [0.05, 0.1) is 16.9 Å². The van der Waals surface area contributed by atoms with E-state index in [2.05, 4.69) is 55.3 Å². The summed E-state index contributed by atoms with van der Waals surface area (Å²) in [6, 6.07) is 13.5. The molecule has 0 radical (unpaired) electrons. The van der Waals surface area contributed by atoms with E-state index < -0.39 is 0 Å². The molecule has 0 aliphatic carbocycles. The number of fused-ring (bicyclic) bond motifs is 2. The van der Waals surface area contributed by atoms with Crippen molar-refractivity contribution in [3.05, 3.63) is 75.3 Å². The summed E-state index contributed by atoms with van der Waals surface area (Å²) in [6.07, 6.45) is 2.75. The van der Waals surface area contributed by atoms with Crippen molar-refractivity contribution in [2.75, 3.05) is 0 Å². The Balaban J connectivity index is 1.63. The lowest BCUT2D eigenvalue weighted by molar-refractivity contribution is 0.0925. The zero-order chi connectivity index (χ0) is 20.5. The summed E-state index contributed by atoms with van der Waals surface area (Å²) in [5.41, 5.74) is 3.50. The largest absolute Gasteiger partial charge is 0.345 e. The Hall–Kier alpha value is -2.95. The highest BCUT2D eigenvalue weighted by Gasteiger charge is 2.21. The highest BCUT2D eigenvalue weighted by atomic mass is 16.1. The maximum Gasteiger partial charge on any atom is 0.261 e. The Morgan fingerprint density at radius 1 is 1.17 bits per heavy atom. The van der Waals surface area contributed by atoms with Gasteiger partial charge >= 0.3 is 0 Å². The van der Waals surface area contributed by atoms with Gasteiger partial charge in [-0.1, -0.05) is 45.0 Å². The fourth-order valence-electron chi connectivity index (χ4n) is 4.05. The van der Waals surface area contributed by atoms with Crippen molar-refractivity contribution < 1.29 is 4.79 Å². The molecule has 3 aromatic rings. The smallest absolute Gasteiger partial charge is 0.261 e. The molecule has 5 nitrogen and oxygen atoms in total. The van der Waals surface area contributed by atoms with E-state index in [1.807, 2.05) is 0 Å². The number of carbonyl (C=O) groups is 1. The first kappa shape index (κ1) is 19.4. The standard InChI is InChI=1S/C24H27N3O2/c1-4-16-7-9-17(10-8-16)22(15(2)3)26-23(28)18-11-12-19-20(14-18)25-21-6-5-13-27(21)24(19)29/h7-12,14-15,22H,4-6,13H2,1-3H3,(H,26,28)/t22-/m1/s1. The first-order chi connectivity index (χ1) is 14.0. The van der Waals surface area contributed by atoms with Crippen LogP contribution in [0.25, 0.3) is 10.9 Å². The first-order valence-corrected chi connectivity index (χ1v) is 10.4. The summed E-state index contributed by atoms with van der Waals surface area (Å²) >= 11 is 0. The lowest BCUT2D eigenvalue weighted by Gasteiger charge is -2.23. The number of nitrogens with one attached hydrogen (secondary N) is 1. The Labute approximate surface area is 170 Å². The molecule has 0 spiro atoms. The van der Waals surface area contributed by atoms with Crippen molar-refractivity contribution in [3.8, 4) is 0 Å². The van der Waals surface area contributed by atoms with Gasteiger partial charge in [0.2, 0.25) is 0 Å². The number of aromatic nitrogens is 2. The third-order valence-electron chi connectivity index (χ3n) is 5.78. The van der Waals surface area contributed by atoms with Gasteiger partial charge in [-0.3, -0.25) is 14.2 Å². The monoisotopic (exact) mass is 389 g/mol. The molecule has 1 atom stereocenters. The van der Waals surface area contributed by atoms with E-state index in [9.17, 15) is 9.59 Å². The number of hydrogen-bond acceptors (Lipinski definition) is 3. The Bertz CT molecular complexity index is 1110. The fraction of sp³-hybridized carbons (Fsp3) is 0.375. The van der Waals surface area contributed by atoms with Crippen LogP contribution in [0, 0.1) is 5.92 Å². The molecule has 1 aromatic heterocycles. The van der Waals surface area contributed by atoms with Gasteiger partial charge in [-0.2, -0.15) is 0 Å². The predicted molar refractivity (Wildman–Crippen MR) is 115 cm³/mol. The summed E-state index contributed by atoms with van der Waals surface area (Å²) < 4.78 is 1.75. The molecule has 0 saturated carbocycles. The predicted octanol–water partition coefficient (Wildman–Crippen LogP) is 4.03. The fourth-order valence-corrected chi connectivity index (χ4v) is 4.05. The lowest BCUT2D eigenvalue weighted by atomic mass is 9.94. The number of hydrogen-bond donors (Lipinski definition) is 1. The maximum atomic E-state index is 13.0. The molecule has 1 N–H and O–H groups in total. The average molecular weight is 389 g/mol. The molecule has 1 amide bonds. The van der Waals surface area contributed by atoms with E-state index in [4.69, 9.17) is 0 Å². The van der Waals surface area contributed by atoms with Gasteiger partial charge in [0.1, 0.15) is 5.82 Å². The van der Waals surface area contributed by atoms with Crippen LogP contribution in [0.3, 0.4) is 0 Å². The van der Waals surface area contributed by atoms with Crippen molar-refractivity contribution in [1.82, 2.24) is 14.9 Å². The molecule has 2 heterocycles. The van der Waals surface area contributed by atoms with Crippen molar-refractivity contribution >= 4 is 16.8 Å². The molecule has 0 unspecified atom stereocenters. The molecule has 0 fully saturated rings. The number of benzene rings is 2. The summed E-state index contributed by atoms with van der Waals surface area (Å²) in [5, 5.41) is 3.74. The number of carbonyl (C=O) groups excluding carboxylic acids is 1. The minimum Gasteiger partial charge on any atom is -0.345 e. The van der Waals surface area contributed by atoms with Gasteiger partial charge in [-0.25, -0.2) is 4.98 Å². The molecule has 1 aliphatic rings. The zero-order valence-corrected chi connectivity index (χ0v) is 17.2. The molecule has 4 rings (SSSR count). The zero-order valence-electron chi connectivity index (χ0n) is 17.2. The van der Waals surface area contributed by atoms with Crippen LogP contribution in [0.4, 0.5) is 0 Å². The number of nitrogens with zero attached hydrogens (tertiary/aromatic N) is 2. The molecule has 5 heteroatoms. The van der Waals surface area contributed by atoms with Crippen LogP contribution >= 0.6 is 0 Å². The summed E-state index contributed by atoms with van der Waals surface area (Å²) in [4.78, 5) is 30.3. The molecular formula is C24H27N3O2. The lowest BCUT2D eigenvalue weighted by Crippen LogP contribution is -2.32. The van der Waals surface area contributed by atoms with Gasteiger partial charge < -0.3 is 5.32 Å². The normalized spacial score (nSPS) is 14.2. The maximum absolute atomic E-state index is 13.0. The minimum absolute atomic E-state index is 0.00877. The summed E-state index contributed by atoms with van der Waals surface area (Å²) in [7, 11) is 0. The van der Waals surface area contributed by atoms with Crippen LogP contribution in [-0.4, -0.2) is 15.5 Å². The summed E-state index contributed by atoms with van der Waals surface area (Å²) in [6.45, 7) is 7.06. The average Bonchev–Trinajstić information content (AvgIpc) is 3.20. The van der Waals surface area contributed by atoms with Gasteiger partial charge in [0.15, 0.2) is 0 Å². The Morgan fingerprint density at radius 3 is 2.62 bits per heavy atom. The molecule has 0 saturated heterocycles. The van der Waals surface area contributed by atoms with Gasteiger partial charge in [-0.15, -0.1) is 0 Å². The van der Waals surface area contributed by atoms with Gasteiger partial charge in [-0.05, 0) is 48.1 Å². The van der Waals surface area contributed by atoms with E-state index in [-0.39, 0.29) is 23.4 Å². The van der Waals surface area contributed by atoms with E-state index in [1.165, 1.54) is 5.56 Å². The molecule has 1 aliphatic heterocycles. The molecule has 29 heavy (non-hydrogen) atoms. The Morgan fingerprint density at radius 2 is 1.93 bits per heavy atom. The van der Waals surface area contributed by atoms with E-state index in [0.717, 1.165) is 37.2 Å². The Kier molecular flexibility index (Phi) is 5.22. The van der Waals surface area contributed by atoms with Crippen molar-refractivity contribution in [1.29, 1.82) is 0 Å². The molecular weight excluding hydrogens is 362 g/mol. The second-order valence-electron chi connectivity index (χ2n) is 8.11. The quantitative estimate of drug-likeness (QED) is 0.716. The highest BCUT2D eigenvalue weighted by Crippen LogP contribution is 2.23. The van der Waals surface area contributed by atoms with Gasteiger partial charge in [0, 0.05) is 18.5 Å². The minimum atomic E-state index is -0.146. The van der Waals surface area contributed by atoms with E-state index >= 15 is 0 Å². The summed E-state index contributed by atoms with van der Waals surface area (Å²) in [5.74, 6) is 0.918. The van der Waals surface area contributed by atoms with Crippen LogP contribution in [0.2, 0.25) is 0 Å². The number of aryl methyl sites for hydroxylation is 2. The van der Waals surface area contributed by atoms with Crippen LogP contribution in [0.15, 0.2) is 47.3 Å². The van der Waals surface area contributed by atoms with Crippen LogP contribution < -0.4 is 10.9 Å². The molecule has 2 aromatic carbocycles. The second kappa shape index (κ2) is 7.82. The van der Waals surface area contributed by atoms with Gasteiger partial charge in [0.25, 0.3) is 11.5 Å². The van der Waals surface area contributed by atoms with E-state index in [0.29, 0.717) is 16.5 Å². The van der Waals surface area contributed by atoms with Crippen LogP contribution in [0.1, 0.15) is 60.5 Å². The number of rotatable bonds is 5. The first-order valence-electron chi connectivity index (χ1n) is 10.4. The molecule has 150 valence electrons. The van der Waals surface area contributed by atoms with Crippen LogP contribution in [-0.2, 0) is 19.4 Å². The van der Waals surface area contributed by atoms with E-state index in [1.54, 1.807) is 22.8 Å². The topological polar surface area (TPSA) is 64.0 Å². The van der Waals surface area contributed by atoms with Crippen molar-refractivity contribution in [3.63, 3.8) is 0 Å². The highest BCUT2D eigenvalue weighted by molar-refractivity contribution is 5.97. The van der Waals surface area contributed by atoms with Crippen molar-refractivity contribution in [2.24, 2.45) is 5.92 Å². The second-order valence-corrected chi connectivity index (χ2v) is 8.11.